The zero-order valence-electron chi connectivity index (χ0n) is 12.3. The van der Waals surface area contributed by atoms with Gasteiger partial charge >= 0.3 is 0 Å². The molecule has 2 heteroatoms. The van der Waals surface area contributed by atoms with E-state index < -0.39 is 0 Å². The average molecular weight is 249 g/mol. The van der Waals surface area contributed by atoms with Gasteiger partial charge in [0.25, 0.3) is 0 Å². The molecular formula is C16H27NO. The Morgan fingerprint density at radius 2 is 2.22 bits per heavy atom. The average Bonchev–Trinajstić information content (AvgIpc) is 2.42. The summed E-state index contributed by atoms with van der Waals surface area (Å²) < 4.78 is 0. The van der Waals surface area contributed by atoms with E-state index in [1.807, 2.05) is 6.08 Å². The van der Waals surface area contributed by atoms with Crippen LogP contribution in [0.4, 0.5) is 0 Å². The van der Waals surface area contributed by atoms with Gasteiger partial charge in [0.1, 0.15) is 0 Å². The predicted octanol–water partition coefficient (Wildman–Crippen LogP) is 3.84. The summed E-state index contributed by atoms with van der Waals surface area (Å²) >= 11 is 0. The van der Waals surface area contributed by atoms with Crippen molar-refractivity contribution in [3.05, 3.63) is 23.8 Å². The molecule has 102 valence electrons. The minimum Gasteiger partial charge on any atom is -0.356 e. The predicted molar refractivity (Wildman–Crippen MR) is 77.3 cm³/mol. The molecule has 2 nitrogen and oxygen atoms in total. The summed E-state index contributed by atoms with van der Waals surface area (Å²) in [6, 6.07) is 0. The van der Waals surface area contributed by atoms with Gasteiger partial charge in [0, 0.05) is 13.5 Å². The first-order valence-electron chi connectivity index (χ1n) is 6.98. The van der Waals surface area contributed by atoms with Gasteiger partial charge < -0.3 is 5.32 Å². The first-order chi connectivity index (χ1) is 8.39. The maximum absolute atomic E-state index is 11.1. The molecular weight excluding hydrogens is 222 g/mol. The second-order valence-corrected chi connectivity index (χ2v) is 6.12. The lowest BCUT2D eigenvalue weighted by Gasteiger charge is -2.23. The van der Waals surface area contributed by atoms with Crippen LogP contribution in [0.25, 0.3) is 0 Å². The van der Waals surface area contributed by atoms with Crippen LogP contribution in [-0.2, 0) is 4.79 Å². The van der Waals surface area contributed by atoms with Crippen LogP contribution >= 0.6 is 0 Å². The van der Waals surface area contributed by atoms with Gasteiger partial charge in [-0.25, -0.2) is 0 Å². The van der Waals surface area contributed by atoms with Crippen LogP contribution in [0.2, 0.25) is 0 Å². The Balaban J connectivity index is 2.94. The molecule has 1 rings (SSSR count). The largest absolute Gasteiger partial charge is 0.356 e. The second kappa shape index (κ2) is 6.21. The van der Waals surface area contributed by atoms with Crippen molar-refractivity contribution < 1.29 is 4.79 Å². The van der Waals surface area contributed by atoms with E-state index in [4.69, 9.17) is 0 Å². The molecule has 1 N–H and O–H groups in total. The molecule has 1 amide bonds. The Bertz CT molecular complexity index is 352. The summed E-state index contributed by atoms with van der Waals surface area (Å²) in [6.45, 7) is 13.2. The van der Waals surface area contributed by atoms with E-state index in [1.165, 1.54) is 17.6 Å². The highest BCUT2D eigenvalue weighted by Gasteiger charge is 2.28. The molecule has 0 saturated heterocycles. The zero-order chi connectivity index (χ0) is 13.8. The fourth-order valence-corrected chi connectivity index (χ4v) is 2.93. The van der Waals surface area contributed by atoms with E-state index >= 15 is 0 Å². The second-order valence-electron chi connectivity index (χ2n) is 6.12. The molecule has 0 heterocycles. The van der Waals surface area contributed by atoms with Crippen molar-refractivity contribution in [1.29, 1.82) is 0 Å². The minimum absolute atomic E-state index is 0.0640. The molecule has 1 aliphatic rings. The molecule has 1 atom stereocenters. The van der Waals surface area contributed by atoms with Gasteiger partial charge in [-0.05, 0) is 42.6 Å². The number of nitrogens with one attached hydrogen (secondary N) is 1. The Labute approximate surface area is 112 Å². The van der Waals surface area contributed by atoms with Gasteiger partial charge in [0.15, 0.2) is 0 Å². The summed E-state index contributed by atoms with van der Waals surface area (Å²) in [5, 5.41) is 2.97. The molecule has 0 bridgehead atoms. The molecule has 0 aromatic rings. The smallest absolute Gasteiger partial charge is 0.216 e. The molecule has 0 aliphatic heterocycles. The lowest BCUT2D eigenvalue weighted by molar-refractivity contribution is -0.119. The summed E-state index contributed by atoms with van der Waals surface area (Å²) in [5.41, 5.74) is 3.23. The summed E-state index contributed by atoms with van der Waals surface area (Å²) in [5.74, 6) is 0.544. The van der Waals surface area contributed by atoms with Crippen molar-refractivity contribution in [3.63, 3.8) is 0 Å². The standard InChI is InChI=1S/C16H27NO/c1-6-13-10-16(4,5)9-8-14(15(13)7-2)11-17-12(3)18/h6,14H,1,7-11H2,2-5H3,(H,17,18). The molecule has 18 heavy (non-hydrogen) atoms. The normalized spacial score (nSPS) is 23.4. The van der Waals surface area contributed by atoms with E-state index in [0.29, 0.717) is 11.3 Å². The van der Waals surface area contributed by atoms with Crippen LogP contribution in [-0.4, -0.2) is 12.5 Å². The molecule has 1 aliphatic carbocycles. The Morgan fingerprint density at radius 3 is 2.72 bits per heavy atom. The first-order valence-corrected chi connectivity index (χ1v) is 6.98. The van der Waals surface area contributed by atoms with E-state index in [0.717, 1.165) is 25.8 Å². The fraction of sp³-hybridized carbons (Fsp3) is 0.688. The van der Waals surface area contributed by atoms with E-state index in [2.05, 4.69) is 32.7 Å². The maximum Gasteiger partial charge on any atom is 0.216 e. The van der Waals surface area contributed by atoms with Gasteiger partial charge in [-0.15, -0.1) is 0 Å². The molecule has 0 saturated carbocycles. The highest BCUT2D eigenvalue weighted by Crippen LogP contribution is 2.40. The molecule has 0 aromatic heterocycles. The maximum atomic E-state index is 11.1. The number of carbonyl (C=O) groups is 1. The Morgan fingerprint density at radius 1 is 1.56 bits per heavy atom. The van der Waals surface area contributed by atoms with Crippen LogP contribution in [0.1, 0.15) is 53.4 Å². The molecule has 0 radical (unpaired) electrons. The number of amides is 1. The third-order valence-electron chi connectivity index (χ3n) is 3.97. The summed E-state index contributed by atoms with van der Waals surface area (Å²) in [6.07, 6.45) is 6.55. The van der Waals surface area contributed by atoms with Crippen molar-refractivity contribution >= 4 is 5.91 Å². The molecule has 0 spiro atoms. The monoisotopic (exact) mass is 249 g/mol. The van der Waals surface area contributed by atoms with Crippen molar-refractivity contribution in [3.8, 4) is 0 Å². The van der Waals surface area contributed by atoms with Crippen molar-refractivity contribution in [2.24, 2.45) is 11.3 Å². The lowest BCUT2D eigenvalue weighted by atomic mass is 9.83. The van der Waals surface area contributed by atoms with E-state index in [-0.39, 0.29) is 5.91 Å². The Hall–Kier alpha value is -1.05. The summed E-state index contributed by atoms with van der Waals surface area (Å²) in [7, 11) is 0. The highest BCUT2D eigenvalue weighted by atomic mass is 16.1. The van der Waals surface area contributed by atoms with Gasteiger partial charge in [-0.2, -0.15) is 0 Å². The van der Waals surface area contributed by atoms with Gasteiger partial charge in [-0.1, -0.05) is 39.0 Å². The lowest BCUT2D eigenvalue weighted by Crippen LogP contribution is -2.28. The molecule has 0 fully saturated rings. The van der Waals surface area contributed by atoms with Gasteiger partial charge in [-0.3, -0.25) is 4.79 Å². The molecule has 1 unspecified atom stereocenters. The van der Waals surface area contributed by atoms with Gasteiger partial charge in [0.2, 0.25) is 5.91 Å². The fourth-order valence-electron chi connectivity index (χ4n) is 2.93. The quantitative estimate of drug-likeness (QED) is 0.806. The number of rotatable bonds is 4. The Kier molecular flexibility index (Phi) is 5.18. The number of hydrogen-bond donors (Lipinski definition) is 1. The number of hydrogen-bond acceptors (Lipinski definition) is 1. The number of carbonyl (C=O) groups excluding carboxylic acids is 1. The van der Waals surface area contributed by atoms with Crippen LogP contribution in [0, 0.1) is 11.3 Å². The van der Waals surface area contributed by atoms with E-state index in [1.54, 1.807) is 6.92 Å². The van der Waals surface area contributed by atoms with Crippen LogP contribution < -0.4 is 5.32 Å². The highest BCUT2D eigenvalue weighted by molar-refractivity contribution is 5.72. The van der Waals surface area contributed by atoms with Crippen molar-refractivity contribution in [2.75, 3.05) is 6.54 Å². The van der Waals surface area contributed by atoms with Crippen LogP contribution in [0.15, 0.2) is 23.8 Å². The van der Waals surface area contributed by atoms with E-state index in [9.17, 15) is 4.79 Å². The van der Waals surface area contributed by atoms with Crippen molar-refractivity contribution in [1.82, 2.24) is 5.32 Å². The number of allylic oxidation sites excluding steroid dienone is 2. The topological polar surface area (TPSA) is 29.1 Å². The van der Waals surface area contributed by atoms with Crippen molar-refractivity contribution in [2.45, 2.75) is 53.4 Å². The third-order valence-corrected chi connectivity index (χ3v) is 3.97. The van der Waals surface area contributed by atoms with Crippen LogP contribution in [0.5, 0.6) is 0 Å². The minimum atomic E-state index is 0.0640. The van der Waals surface area contributed by atoms with Crippen LogP contribution in [0.3, 0.4) is 0 Å². The van der Waals surface area contributed by atoms with Gasteiger partial charge in [0.05, 0.1) is 0 Å². The zero-order valence-corrected chi connectivity index (χ0v) is 12.3. The third kappa shape index (κ3) is 4.01. The first kappa shape index (κ1) is 15.0. The summed E-state index contributed by atoms with van der Waals surface area (Å²) in [4.78, 5) is 11.1. The molecule has 0 aromatic carbocycles. The SMILES string of the molecule is C=CC1=C(CC)C(CNC(C)=O)CCC(C)(C)C1.